The predicted octanol–water partition coefficient (Wildman–Crippen LogP) is 3.08. The summed E-state index contributed by atoms with van der Waals surface area (Å²) in [5, 5.41) is 22.3. The SMILES string of the molecule is CSC[C@H](NC(=O)OCc1nc(C)oc1C)C(=O)N[C@H](CC(C)C)[C@@H](O)C[C@@H](C)C(=O)N[C@@H](C(=O)NCC(C)C)C(C)C. The molecule has 0 bridgehead atoms. The van der Waals surface area contributed by atoms with E-state index >= 15 is 0 Å². The van der Waals surface area contributed by atoms with Crippen LogP contribution in [-0.4, -0.2) is 76.7 Å². The van der Waals surface area contributed by atoms with Crippen LogP contribution in [0, 0.1) is 37.5 Å². The van der Waals surface area contributed by atoms with Crippen LogP contribution in [0.15, 0.2) is 4.42 Å². The standard InChI is InChI=1S/C30H53N5O7S/c1-16(2)11-22(25(36)12-19(7)27(37)35-26(18(5)6)29(39)31-13-17(3)4)33-28(38)24(15-43-10)34-30(40)41-14-23-20(8)42-21(9)32-23/h16-19,22,24-26,36H,11-15H2,1-10H3,(H,31,39)(H,33,38)(H,34,40)(H,35,37)/t19-,22-,24+,25+,26-/m1/s1. The lowest BCUT2D eigenvalue weighted by atomic mass is 9.91. The van der Waals surface area contributed by atoms with Gasteiger partial charge < -0.3 is 35.5 Å². The van der Waals surface area contributed by atoms with Gasteiger partial charge in [0, 0.05) is 25.1 Å². The summed E-state index contributed by atoms with van der Waals surface area (Å²) in [5.41, 5.74) is 0.493. The van der Waals surface area contributed by atoms with Gasteiger partial charge in [0.05, 0.1) is 12.1 Å². The van der Waals surface area contributed by atoms with Gasteiger partial charge in [-0.25, -0.2) is 9.78 Å². The molecule has 0 unspecified atom stereocenters. The number of oxazole rings is 1. The second-order valence-electron chi connectivity index (χ2n) is 12.3. The Labute approximate surface area is 260 Å². The smallest absolute Gasteiger partial charge is 0.408 e. The Morgan fingerprint density at radius 2 is 1.56 bits per heavy atom. The molecule has 0 saturated heterocycles. The fourth-order valence-corrected chi connectivity index (χ4v) is 4.92. The number of carbonyl (C=O) groups is 4. The maximum Gasteiger partial charge on any atom is 0.408 e. The third kappa shape index (κ3) is 14.0. The van der Waals surface area contributed by atoms with Crippen LogP contribution in [0.25, 0.3) is 0 Å². The van der Waals surface area contributed by atoms with E-state index in [0.29, 0.717) is 30.3 Å². The Hall–Kier alpha value is -2.80. The van der Waals surface area contributed by atoms with Crippen LogP contribution >= 0.6 is 11.8 Å². The van der Waals surface area contributed by atoms with Gasteiger partial charge in [0.25, 0.3) is 0 Å². The van der Waals surface area contributed by atoms with E-state index in [9.17, 15) is 24.3 Å². The number of rotatable bonds is 18. The number of hydrogen-bond acceptors (Lipinski definition) is 9. The molecule has 4 amide bonds. The van der Waals surface area contributed by atoms with Gasteiger partial charge in [-0.15, -0.1) is 0 Å². The van der Waals surface area contributed by atoms with Crippen molar-refractivity contribution in [1.29, 1.82) is 0 Å². The highest BCUT2D eigenvalue weighted by Gasteiger charge is 2.31. The van der Waals surface area contributed by atoms with Crippen molar-refractivity contribution in [3.8, 4) is 0 Å². The molecular formula is C30H53N5O7S. The topological polar surface area (TPSA) is 172 Å². The van der Waals surface area contributed by atoms with Crippen molar-refractivity contribution >= 4 is 35.6 Å². The lowest BCUT2D eigenvalue weighted by Crippen LogP contribution is -2.54. The van der Waals surface area contributed by atoms with E-state index in [1.165, 1.54) is 11.8 Å². The molecule has 13 heteroatoms. The first-order valence-electron chi connectivity index (χ1n) is 15.0. The predicted molar refractivity (Wildman–Crippen MR) is 167 cm³/mol. The summed E-state index contributed by atoms with van der Waals surface area (Å²) in [7, 11) is 0. The molecule has 5 N–H and O–H groups in total. The van der Waals surface area contributed by atoms with Gasteiger partial charge in [0.15, 0.2) is 5.89 Å². The number of alkyl carbamates (subject to hydrolysis) is 1. The average Bonchev–Trinajstić information content (AvgIpc) is 3.23. The molecule has 0 spiro atoms. The molecule has 43 heavy (non-hydrogen) atoms. The molecule has 12 nitrogen and oxygen atoms in total. The Morgan fingerprint density at radius 3 is 2.07 bits per heavy atom. The van der Waals surface area contributed by atoms with Gasteiger partial charge in [0.1, 0.15) is 30.1 Å². The first kappa shape index (κ1) is 38.2. The zero-order valence-corrected chi connectivity index (χ0v) is 28.2. The summed E-state index contributed by atoms with van der Waals surface area (Å²) in [6.07, 6.45) is 0.510. The maximum absolute atomic E-state index is 13.3. The van der Waals surface area contributed by atoms with Crippen LogP contribution in [-0.2, 0) is 25.7 Å². The number of aliphatic hydroxyl groups is 1. The fourth-order valence-electron chi connectivity index (χ4n) is 4.36. The Kier molecular flexibility index (Phi) is 16.7. The van der Waals surface area contributed by atoms with E-state index in [0.717, 1.165) is 0 Å². The highest BCUT2D eigenvalue weighted by molar-refractivity contribution is 7.98. The van der Waals surface area contributed by atoms with Gasteiger partial charge in [-0.3, -0.25) is 14.4 Å². The molecule has 1 heterocycles. The number of nitrogens with zero attached hydrogens (tertiary/aromatic N) is 1. The van der Waals surface area contributed by atoms with E-state index in [-0.39, 0.29) is 48.3 Å². The molecule has 0 fully saturated rings. The normalized spacial score (nSPS) is 15.0. The Balaban J connectivity index is 2.85. The largest absolute Gasteiger partial charge is 0.446 e. The van der Waals surface area contributed by atoms with Crippen molar-refractivity contribution in [3.63, 3.8) is 0 Å². The van der Waals surface area contributed by atoms with Crippen LogP contribution < -0.4 is 21.3 Å². The van der Waals surface area contributed by atoms with Gasteiger partial charge in [-0.2, -0.15) is 11.8 Å². The van der Waals surface area contributed by atoms with Crippen molar-refractivity contribution < 1.29 is 33.4 Å². The minimum atomic E-state index is -1.04. The lowest BCUT2D eigenvalue weighted by molar-refractivity contribution is -0.132. The Bertz CT molecular complexity index is 1050. The monoisotopic (exact) mass is 627 g/mol. The number of ether oxygens (including phenoxy) is 1. The second-order valence-corrected chi connectivity index (χ2v) is 13.2. The van der Waals surface area contributed by atoms with Crippen molar-refractivity contribution in [1.82, 2.24) is 26.3 Å². The summed E-state index contributed by atoms with van der Waals surface area (Å²) in [4.78, 5) is 55.6. The number of aryl methyl sites for hydroxylation is 2. The highest BCUT2D eigenvalue weighted by Crippen LogP contribution is 2.17. The third-order valence-corrected chi connectivity index (χ3v) is 7.44. The fraction of sp³-hybridized carbons (Fsp3) is 0.767. The molecule has 0 aliphatic carbocycles. The molecule has 0 saturated carbocycles. The van der Waals surface area contributed by atoms with E-state index in [1.54, 1.807) is 20.8 Å². The lowest BCUT2D eigenvalue weighted by Gasteiger charge is -2.30. The van der Waals surface area contributed by atoms with Gasteiger partial charge >= 0.3 is 6.09 Å². The summed E-state index contributed by atoms with van der Waals surface area (Å²) < 4.78 is 10.6. The molecule has 0 aromatic carbocycles. The van der Waals surface area contributed by atoms with Gasteiger partial charge in [0.2, 0.25) is 17.7 Å². The minimum absolute atomic E-state index is 0.0705. The maximum atomic E-state index is 13.3. The highest BCUT2D eigenvalue weighted by atomic mass is 32.2. The van der Waals surface area contributed by atoms with Crippen molar-refractivity contribution in [2.75, 3.05) is 18.6 Å². The molecule has 0 aliphatic rings. The van der Waals surface area contributed by atoms with Crippen molar-refractivity contribution in [2.45, 2.75) is 106 Å². The summed E-state index contributed by atoms with van der Waals surface area (Å²) >= 11 is 1.37. The first-order valence-corrected chi connectivity index (χ1v) is 16.4. The molecule has 0 radical (unpaired) electrons. The molecule has 1 rings (SSSR count). The number of amides is 4. The summed E-state index contributed by atoms with van der Waals surface area (Å²) in [5.74, 6) is -0.122. The van der Waals surface area contributed by atoms with Crippen molar-refractivity contribution in [3.05, 3.63) is 17.3 Å². The van der Waals surface area contributed by atoms with Gasteiger partial charge in [-0.05, 0) is 43.8 Å². The zero-order valence-electron chi connectivity index (χ0n) is 27.4. The van der Waals surface area contributed by atoms with Crippen molar-refractivity contribution in [2.24, 2.45) is 23.7 Å². The van der Waals surface area contributed by atoms with Crippen LogP contribution in [0.2, 0.25) is 0 Å². The second kappa shape index (κ2) is 18.8. The quantitative estimate of drug-likeness (QED) is 0.164. The first-order chi connectivity index (χ1) is 20.0. The van der Waals surface area contributed by atoms with E-state index in [2.05, 4.69) is 26.3 Å². The number of carbonyl (C=O) groups excluding carboxylic acids is 4. The Morgan fingerprint density at radius 1 is 0.907 bits per heavy atom. The van der Waals surface area contributed by atoms with Crippen LogP contribution in [0.4, 0.5) is 4.79 Å². The summed E-state index contributed by atoms with van der Waals surface area (Å²) in [6, 6.07) is -2.28. The number of aromatic nitrogens is 1. The molecule has 0 aliphatic heterocycles. The summed E-state index contributed by atoms with van der Waals surface area (Å²) in [6.45, 7) is 17.1. The molecule has 246 valence electrons. The van der Waals surface area contributed by atoms with Crippen LogP contribution in [0.5, 0.6) is 0 Å². The number of hydrogen-bond donors (Lipinski definition) is 5. The van der Waals surface area contributed by atoms with E-state index in [1.807, 2.05) is 47.8 Å². The molecule has 1 aromatic heterocycles. The number of thioether (sulfide) groups is 1. The van der Waals surface area contributed by atoms with E-state index < -0.39 is 42.1 Å². The van der Waals surface area contributed by atoms with Crippen LogP contribution in [0.3, 0.4) is 0 Å². The van der Waals surface area contributed by atoms with Gasteiger partial charge in [-0.1, -0.05) is 48.5 Å². The third-order valence-electron chi connectivity index (χ3n) is 6.77. The molecule has 1 aromatic rings. The minimum Gasteiger partial charge on any atom is -0.446 e. The number of aliphatic hydroxyl groups excluding tert-OH is 1. The zero-order chi connectivity index (χ0) is 32.9. The van der Waals surface area contributed by atoms with E-state index in [4.69, 9.17) is 9.15 Å². The average molecular weight is 628 g/mol. The number of nitrogens with one attached hydrogen (secondary N) is 4. The molecular weight excluding hydrogens is 574 g/mol. The van der Waals surface area contributed by atoms with Crippen LogP contribution in [0.1, 0.15) is 78.7 Å². The molecule has 5 atom stereocenters.